The molecule has 178 valence electrons. The molecule has 1 saturated heterocycles. The molecule has 1 heterocycles. The Morgan fingerprint density at radius 3 is 2.33 bits per heavy atom. The number of piperidine rings is 1. The highest BCUT2D eigenvalue weighted by atomic mass is 32.2. The van der Waals surface area contributed by atoms with E-state index in [9.17, 15) is 22.4 Å². The molecule has 0 radical (unpaired) electrons. The fourth-order valence-electron chi connectivity index (χ4n) is 3.89. The fraction of sp³-hybridized carbons (Fsp3) is 0.391. The van der Waals surface area contributed by atoms with Gasteiger partial charge in [-0.15, -0.1) is 0 Å². The number of hydrogen-bond acceptors (Lipinski definition) is 6. The number of carbonyl (C=O) groups excluding carboxylic acids is 2. The summed E-state index contributed by atoms with van der Waals surface area (Å²) in [5, 5.41) is 2.48. The standard InChI is InChI=1S/C23H27FN2O6S/c1-15-10-16(2)13-26(12-15)33(29,30)21-11-17(4-9-20(21)31-3)23(28)32-14-22(27)25-19-7-5-18(24)6-8-19/h4-9,11,15-16H,10,12-14H2,1-3H3,(H,25,27). The third kappa shape index (κ3) is 6.08. The monoisotopic (exact) mass is 478 g/mol. The molecule has 0 spiro atoms. The van der Waals surface area contributed by atoms with Crippen molar-refractivity contribution in [2.45, 2.75) is 25.2 Å². The molecule has 3 rings (SSSR count). The lowest BCUT2D eigenvalue weighted by molar-refractivity contribution is -0.119. The van der Waals surface area contributed by atoms with Gasteiger partial charge >= 0.3 is 5.97 Å². The second-order valence-electron chi connectivity index (χ2n) is 8.26. The highest BCUT2D eigenvalue weighted by molar-refractivity contribution is 7.89. The fourth-order valence-corrected chi connectivity index (χ4v) is 5.75. The van der Waals surface area contributed by atoms with E-state index < -0.39 is 34.3 Å². The topological polar surface area (TPSA) is 102 Å². The van der Waals surface area contributed by atoms with Crippen LogP contribution in [0.3, 0.4) is 0 Å². The van der Waals surface area contributed by atoms with Gasteiger partial charge in [-0.3, -0.25) is 4.79 Å². The molecule has 10 heteroatoms. The molecule has 1 amide bonds. The van der Waals surface area contributed by atoms with Crippen LogP contribution in [-0.2, 0) is 19.6 Å². The number of benzene rings is 2. The summed E-state index contributed by atoms with van der Waals surface area (Å²) in [5.74, 6) is -1.38. The number of ether oxygens (including phenoxy) is 2. The summed E-state index contributed by atoms with van der Waals surface area (Å²) < 4.78 is 51.3. The first kappa shape index (κ1) is 24.7. The van der Waals surface area contributed by atoms with Crippen LogP contribution in [-0.4, -0.2) is 51.4 Å². The van der Waals surface area contributed by atoms with E-state index in [1.54, 1.807) is 0 Å². The van der Waals surface area contributed by atoms with Crippen molar-refractivity contribution >= 4 is 27.6 Å². The highest BCUT2D eigenvalue weighted by Gasteiger charge is 2.34. The van der Waals surface area contributed by atoms with E-state index in [0.717, 1.165) is 6.42 Å². The summed E-state index contributed by atoms with van der Waals surface area (Å²) in [6.07, 6.45) is 0.940. The Morgan fingerprint density at radius 1 is 1.09 bits per heavy atom. The Kier molecular flexibility index (Phi) is 7.70. The third-order valence-corrected chi connectivity index (χ3v) is 7.17. The second kappa shape index (κ2) is 10.3. The van der Waals surface area contributed by atoms with Crippen molar-refractivity contribution < 1.29 is 31.9 Å². The Morgan fingerprint density at radius 2 is 1.73 bits per heavy atom. The van der Waals surface area contributed by atoms with Crippen LogP contribution in [0, 0.1) is 17.7 Å². The van der Waals surface area contributed by atoms with Gasteiger partial charge in [0.25, 0.3) is 5.91 Å². The van der Waals surface area contributed by atoms with Crippen molar-refractivity contribution in [3.05, 3.63) is 53.8 Å². The molecule has 2 aromatic rings. The number of esters is 1. The number of anilines is 1. The van der Waals surface area contributed by atoms with E-state index in [1.165, 1.54) is 53.9 Å². The van der Waals surface area contributed by atoms with Gasteiger partial charge in [0, 0.05) is 18.8 Å². The van der Waals surface area contributed by atoms with E-state index >= 15 is 0 Å². The molecule has 0 bridgehead atoms. The molecule has 0 aromatic heterocycles. The van der Waals surface area contributed by atoms with Gasteiger partial charge in [0.05, 0.1) is 12.7 Å². The van der Waals surface area contributed by atoms with Gasteiger partial charge < -0.3 is 14.8 Å². The average molecular weight is 479 g/mol. The van der Waals surface area contributed by atoms with Crippen LogP contribution in [0.4, 0.5) is 10.1 Å². The minimum Gasteiger partial charge on any atom is -0.495 e. The smallest absolute Gasteiger partial charge is 0.338 e. The van der Waals surface area contributed by atoms with Gasteiger partial charge in [-0.1, -0.05) is 13.8 Å². The van der Waals surface area contributed by atoms with Crippen molar-refractivity contribution in [3.8, 4) is 5.75 Å². The van der Waals surface area contributed by atoms with Crippen molar-refractivity contribution in [2.24, 2.45) is 11.8 Å². The van der Waals surface area contributed by atoms with Gasteiger partial charge in [0.2, 0.25) is 10.0 Å². The maximum atomic E-state index is 13.3. The van der Waals surface area contributed by atoms with Crippen LogP contribution < -0.4 is 10.1 Å². The van der Waals surface area contributed by atoms with Crippen molar-refractivity contribution in [1.82, 2.24) is 4.31 Å². The molecule has 0 aliphatic carbocycles. The van der Waals surface area contributed by atoms with E-state index in [4.69, 9.17) is 9.47 Å². The van der Waals surface area contributed by atoms with Crippen molar-refractivity contribution in [1.29, 1.82) is 0 Å². The zero-order chi connectivity index (χ0) is 24.2. The summed E-state index contributed by atoms with van der Waals surface area (Å²) in [5.41, 5.74) is 0.322. The van der Waals surface area contributed by atoms with Crippen LogP contribution >= 0.6 is 0 Å². The van der Waals surface area contributed by atoms with E-state index in [-0.39, 0.29) is 28.0 Å². The molecule has 2 aromatic carbocycles. The predicted octanol–water partition coefficient (Wildman–Crippen LogP) is 3.30. The van der Waals surface area contributed by atoms with E-state index in [1.807, 2.05) is 13.8 Å². The minimum absolute atomic E-state index is 0.0259. The largest absolute Gasteiger partial charge is 0.495 e. The Bertz CT molecular complexity index is 1110. The Labute approximate surface area is 192 Å². The van der Waals surface area contributed by atoms with Crippen molar-refractivity contribution in [3.63, 3.8) is 0 Å². The first-order valence-electron chi connectivity index (χ1n) is 10.5. The number of nitrogens with zero attached hydrogens (tertiary/aromatic N) is 1. The zero-order valence-corrected chi connectivity index (χ0v) is 19.5. The lowest BCUT2D eigenvalue weighted by Gasteiger charge is -2.34. The summed E-state index contributed by atoms with van der Waals surface area (Å²) in [6.45, 7) is 4.17. The lowest BCUT2D eigenvalue weighted by atomic mass is 9.94. The normalized spacial score (nSPS) is 19.0. The van der Waals surface area contributed by atoms with E-state index in [0.29, 0.717) is 18.8 Å². The summed E-state index contributed by atoms with van der Waals surface area (Å²) in [4.78, 5) is 24.4. The van der Waals surface area contributed by atoms with E-state index in [2.05, 4.69) is 5.32 Å². The molecular formula is C23H27FN2O6S. The van der Waals surface area contributed by atoms with Crippen molar-refractivity contribution in [2.75, 3.05) is 32.1 Å². The molecule has 2 unspecified atom stereocenters. The van der Waals surface area contributed by atoms with Gasteiger partial charge in [-0.25, -0.2) is 17.6 Å². The SMILES string of the molecule is COc1ccc(C(=O)OCC(=O)Nc2ccc(F)cc2)cc1S(=O)(=O)N1CC(C)CC(C)C1. The quantitative estimate of drug-likeness (QED) is 0.613. The highest BCUT2D eigenvalue weighted by Crippen LogP contribution is 2.32. The molecule has 8 nitrogen and oxygen atoms in total. The number of carbonyl (C=O) groups is 2. The summed E-state index contributed by atoms with van der Waals surface area (Å²) in [6, 6.07) is 9.09. The van der Waals surface area contributed by atoms with Crippen LogP contribution in [0.15, 0.2) is 47.4 Å². The molecule has 1 aliphatic heterocycles. The maximum absolute atomic E-state index is 13.3. The number of methoxy groups -OCH3 is 1. The second-order valence-corrected chi connectivity index (χ2v) is 10.2. The minimum atomic E-state index is -3.91. The number of nitrogens with one attached hydrogen (secondary N) is 1. The van der Waals surface area contributed by atoms with Gasteiger partial charge in [-0.05, 0) is 60.7 Å². The van der Waals surface area contributed by atoms with Crippen LogP contribution in [0.5, 0.6) is 5.75 Å². The Balaban J connectivity index is 1.73. The maximum Gasteiger partial charge on any atom is 0.338 e. The first-order chi connectivity index (χ1) is 15.6. The Hall–Kier alpha value is -2.98. The predicted molar refractivity (Wildman–Crippen MR) is 120 cm³/mol. The number of sulfonamides is 1. The van der Waals surface area contributed by atoms with Gasteiger partial charge in [0.1, 0.15) is 16.5 Å². The summed E-state index contributed by atoms with van der Waals surface area (Å²) >= 11 is 0. The number of hydrogen-bond donors (Lipinski definition) is 1. The zero-order valence-electron chi connectivity index (χ0n) is 18.7. The molecule has 1 N–H and O–H groups in total. The van der Waals surface area contributed by atoms with Gasteiger partial charge in [0.15, 0.2) is 6.61 Å². The molecule has 0 saturated carbocycles. The molecule has 2 atom stereocenters. The average Bonchev–Trinajstić information content (AvgIpc) is 2.78. The molecule has 33 heavy (non-hydrogen) atoms. The number of amides is 1. The molecule has 1 fully saturated rings. The molecular weight excluding hydrogens is 451 g/mol. The van der Waals surface area contributed by atoms with Crippen LogP contribution in [0.25, 0.3) is 0 Å². The lowest BCUT2D eigenvalue weighted by Crippen LogP contribution is -2.42. The number of rotatable bonds is 7. The van der Waals surface area contributed by atoms with Gasteiger partial charge in [-0.2, -0.15) is 4.31 Å². The first-order valence-corrected chi connectivity index (χ1v) is 11.9. The van der Waals surface area contributed by atoms with Crippen LogP contribution in [0.2, 0.25) is 0 Å². The molecule has 1 aliphatic rings. The van der Waals surface area contributed by atoms with Crippen LogP contribution in [0.1, 0.15) is 30.6 Å². The third-order valence-electron chi connectivity index (χ3n) is 5.31. The number of halogens is 1. The summed E-state index contributed by atoms with van der Waals surface area (Å²) in [7, 11) is -2.56.